The molecular weight excluding hydrogens is 292 g/mol. The highest BCUT2D eigenvalue weighted by atomic mass is 16.5. The van der Waals surface area contributed by atoms with Crippen LogP contribution < -0.4 is 15.4 Å². The van der Waals surface area contributed by atoms with Crippen LogP contribution in [0.25, 0.3) is 10.9 Å². The van der Waals surface area contributed by atoms with Gasteiger partial charge in [0.15, 0.2) is 0 Å². The van der Waals surface area contributed by atoms with Gasteiger partial charge in [0.05, 0.1) is 12.1 Å². The number of aromatic nitrogens is 1. The predicted molar refractivity (Wildman–Crippen MR) is 91.8 cm³/mol. The average Bonchev–Trinajstić information content (AvgIpc) is 2.55. The maximum absolute atomic E-state index is 11.6. The minimum absolute atomic E-state index is 0.157. The zero-order chi connectivity index (χ0) is 16.5. The summed E-state index contributed by atoms with van der Waals surface area (Å²) < 4.78 is 5.64. The first-order chi connectivity index (χ1) is 11.1. The Hall–Kier alpha value is -2.34. The lowest BCUT2D eigenvalue weighted by molar-refractivity contribution is 0.236. The van der Waals surface area contributed by atoms with Gasteiger partial charge >= 0.3 is 6.03 Å². The first kappa shape index (κ1) is 17.0. The monoisotopic (exact) mass is 316 g/mol. The summed E-state index contributed by atoms with van der Waals surface area (Å²) >= 11 is 0. The molecule has 0 fully saturated rings. The number of hydrogen-bond acceptors (Lipinski definition) is 4. The lowest BCUT2D eigenvalue weighted by Crippen LogP contribution is -2.38. The van der Waals surface area contributed by atoms with E-state index < -0.39 is 0 Å². The maximum Gasteiger partial charge on any atom is 0.314 e. The molecule has 0 radical (unpaired) electrons. The second-order valence-electron chi connectivity index (χ2n) is 5.55. The molecule has 1 aromatic heterocycles. The Morgan fingerprint density at radius 1 is 1.22 bits per heavy atom. The summed E-state index contributed by atoms with van der Waals surface area (Å²) in [6.07, 6.45) is 2.70. The van der Waals surface area contributed by atoms with Gasteiger partial charge in [0.2, 0.25) is 0 Å². The van der Waals surface area contributed by atoms with Crippen LogP contribution in [0.5, 0.6) is 5.75 Å². The fraction of sp³-hybridized carbons (Fsp3) is 0.412. The molecule has 2 aromatic rings. The second kappa shape index (κ2) is 8.95. The van der Waals surface area contributed by atoms with Crippen LogP contribution in [-0.4, -0.2) is 56.3 Å². The van der Waals surface area contributed by atoms with Gasteiger partial charge in [-0.3, -0.25) is 4.98 Å². The van der Waals surface area contributed by atoms with E-state index in [4.69, 9.17) is 4.74 Å². The van der Waals surface area contributed by atoms with Crippen molar-refractivity contribution < 1.29 is 9.53 Å². The first-order valence-corrected chi connectivity index (χ1v) is 7.79. The predicted octanol–water partition coefficient (Wildman–Crippen LogP) is 1.86. The zero-order valence-corrected chi connectivity index (χ0v) is 13.7. The smallest absolute Gasteiger partial charge is 0.314 e. The molecule has 1 heterocycles. The number of rotatable bonds is 8. The highest BCUT2D eigenvalue weighted by Crippen LogP contribution is 2.18. The van der Waals surface area contributed by atoms with Gasteiger partial charge in [-0.25, -0.2) is 4.79 Å². The number of urea groups is 1. The summed E-state index contributed by atoms with van der Waals surface area (Å²) in [6.45, 7) is 2.52. The van der Waals surface area contributed by atoms with Crippen molar-refractivity contribution in [2.75, 3.05) is 40.3 Å². The van der Waals surface area contributed by atoms with Gasteiger partial charge in [0, 0.05) is 18.1 Å². The topological polar surface area (TPSA) is 66.5 Å². The van der Waals surface area contributed by atoms with E-state index in [-0.39, 0.29) is 6.03 Å². The lowest BCUT2D eigenvalue weighted by Gasteiger charge is -2.11. The standard InChI is InChI=1S/C17H24N4O2/c1-21(2)11-4-9-19-17(22)20-10-12-23-15-6-7-16-14(13-15)5-3-8-18-16/h3,5-8,13H,4,9-12H2,1-2H3,(H2,19,20,22). The Morgan fingerprint density at radius 2 is 2.04 bits per heavy atom. The van der Waals surface area contributed by atoms with Gasteiger partial charge in [-0.2, -0.15) is 0 Å². The number of fused-ring (bicyclic) bond motifs is 1. The van der Waals surface area contributed by atoms with Gasteiger partial charge in [0.25, 0.3) is 0 Å². The van der Waals surface area contributed by atoms with Crippen molar-refractivity contribution in [3.63, 3.8) is 0 Å². The summed E-state index contributed by atoms with van der Waals surface area (Å²) in [5.74, 6) is 0.777. The van der Waals surface area contributed by atoms with Crippen molar-refractivity contribution in [2.45, 2.75) is 6.42 Å². The summed E-state index contributed by atoms with van der Waals surface area (Å²) in [5.41, 5.74) is 0.940. The molecule has 0 atom stereocenters. The van der Waals surface area contributed by atoms with E-state index in [9.17, 15) is 4.79 Å². The molecule has 0 saturated carbocycles. The van der Waals surface area contributed by atoms with E-state index in [1.807, 2.05) is 44.4 Å². The average molecular weight is 316 g/mol. The van der Waals surface area contributed by atoms with Gasteiger partial charge in [-0.05, 0) is 51.3 Å². The highest BCUT2D eigenvalue weighted by molar-refractivity contribution is 5.79. The molecule has 0 aliphatic rings. The van der Waals surface area contributed by atoms with Crippen LogP contribution >= 0.6 is 0 Å². The second-order valence-corrected chi connectivity index (χ2v) is 5.55. The molecule has 1 aromatic carbocycles. The summed E-state index contributed by atoms with van der Waals surface area (Å²) in [7, 11) is 4.03. The van der Waals surface area contributed by atoms with E-state index in [2.05, 4.69) is 20.5 Å². The number of pyridine rings is 1. The van der Waals surface area contributed by atoms with E-state index in [0.717, 1.165) is 29.6 Å². The van der Waals surface area contributed by atoms with Gasteiger partial charge < -0.3 is 20.3 Å². The van der Waals surface area contributed by atoms with E-state index >= 15 is 0 Å². The Morgan fingerprint density at radius 3 is 2.87 bits per heavy atom. The van der Waals surface area contributed by atoms with Crippen LogP contribution in [0.1, 0.15) is 6.42 Å². The third-order valence-electron chi connectivity index (χ3n) is 3.30. The van der Waals surface area contributed by atoms with E-state index in [0.29, 0.717) is 19.7 Å². The van der Waals surface area contributed by atoms with Gasteiger partial charge in [-0.1, -0.05) is 6.07 Å². The molecule has 2 rings (SSSR count). The molecule has 0 aliphatic carbocycles. The fourth-order valence-electron chi connectivity index (χ4n) is 2.14. The Labute approximate surface area is 136 Å². The van der Waals surface area contributed by atoms with E-state index in [1.54, 1.807) is 6.20 Å². The maximum atomic E-state index is 11.6. The summed E-state index contributed by atoms with van der Waals surface area (Å²) in [4.78, 5) is 17.9. The number of benzene rings is 1. The van der Waals surface area contributed by atoms with Crippen molar-refractivity contribution in [3.05, 3.63) is 36.5 Å². The molecule has 2 amide bonds. The molecule has 6 heteroatoms. The third kappa shape index (κ3) is 6.12. The largest absolute Gasteiger partial charge is 0.492 e. The fourth-order valence-corrected chi connectivity index (χ4v) is 2.14. The third-order valence-corrected chi connectivity index (χ3v) is 3.30. The number of ether oxygens (including phenoxy) is 1. The van der Waals surface area contributed by atoms with Gasteiger partial charge in [-0.15, -0.1) is 0 Å². The number of nitrogens with one attached hydrogen (secondary N) is 2. The van der Waals surface area contributed by atoms with Crippen molar-refractivity contribution in [2.24, 2.45) is 0 Å². The SMILES string of the molecule is CN(C)CCCNC(=O)NCCOc1ccc2ncccc2c1. The molecule has 124 valence electrons. The van der Waals surface area contributed by atoms with Crippen molar-refractivity contribution >= 4 is 16.9 Å². The van der Waals surface area contributed by atoms with Crippen LogP contribution in [0.15, 0.2) is 36.5 Å². The number of nitrogens with zero attached hydrogens (tertiary/aromatic N) is 2. The Balaban J connectivity index is 1.63. The minimum atomic E-state index is -0.157. The lowest BCUT2D eigenvalue weighted by atomic mass is 10.2. The van der Waals surface area contributed by atoms with Crippen LogP contribution in [-0.2, 0) is 0 Å². The van der Waals surface area contributed by atoms with Crippen LogP contribution in [0, 0.1) is 0 Å². The van der Waals surface area contributed by atoms with Crippen LogP contribution in [0.3, 0.4) is 0 Å². The summed E-state index contributed by atoms with van der Waals surface area (Å²) in [5, 5.41) is 6.64. The number of carbonyl (C=O) groups is 1. The summed E-state index contributed by atoms with van der Waals surface area (Å²) in [6, 6.07) is 9.49. The molecule has 6 nitrogen and oxygen atoms in total. The van der Waals surface area contributed by atoms with Crippen LogP contribution in [0.2, 0.25) is 0 Å². The van der Waals surface area contributed by atoms with Crippen LogP contribution in [0.4, 0.5) is 4.79 Å². The minimum Gasteiger partial charge on any atom is -0.492 e. The highest BCUT2D eigenvalue weighted by Gasteiger charge is 2.01. The molecule has 2 N–H and O–H groups in total. The molecule has 0 unspecified atom stereocenters. The van der Waals surface area contributed by atoms with Crippen molar-refractivity contribution in [3.8, 4) is 5.75 Å². The quantitative estimate of drug-likeness (QED) is 0.730. The van der Waals surface area contributed by atoms with Crippen molar-refractivity contribution in [1.82, 2.24) is 20.5 Å². The normalized spacial score (nSPS) is 10.7. The Kier molecular flexibility index (Phi) is 6.62. The molecule has 0 spiro atoms. The molecule has 0 saturated heterocycles. The molecule has 23 heavy (non-hydrogen) atoms. The van der Waals surface area contributed by atoms with E-state index in [1.165, 1.54) is 0 Å². The zero-order valence-electron chi connectivity index (χ0n) is 13.7. The molecule has 0 bridgehead atoms. The number of carbonyl (C=O) groups excluding carboxylic acids is 1. The molecular formula is C17H24N4O2. The molecule has 0 aliphatic heterocycles. The van der Waals surface area contributed by atoms with Gasteiger partial charge in [0.1, 0.15) is 12.4 Å². The van der Waals surface area contributed by atoms with Crippen molar-refractivity contribution in [1.29, 1.82) is 0 Å². The number of hydrogen-bond donors (Lipinski definition) is 2. The first-order valence-electron chi connectivity index (χ1n) is 7.79. The number of amides is 2. The Bertz CT molecular complexity index is 631.